The molecule has 29 heavy (non-hydrogen) atoms. The number of benzene rings is 1. The fourth-order valence-electron chi connectivity index (χ4n) is 3.67. The van der Waals surface area contributed by atoms with Gasteiger partial charge in [-0.15, -0.1) is 0 Å². The molecule has 0 saturated heterocycles. The van der Waals surface area contributed by atoms with Crippen LogP contribution < -0.4 is 24.8 Å². The number of fused-ring (bicyclic) bond motifs is 1. The second-order valence-electron chi connectivity index (χ2n) is 7.66. The number of hydrogen-bond donors (Lipinski definition) is 3. The number of hydrogen-bond acceptors (Lipinski definition) is 5. The van der Waals surface area contributed by atoms with Crippen LogP contribution in [0.1, 0.15) is 45.1 Å². The Labute approximate surface area is 169 Å². The predicted octanol–water partition coefficient (Wildman–Crippen LogP) is 3.01. The molecule has 3 rings (SSSR count). The maximum atomic E-state index is 12.8. The number of alkyl halides is 2. The van der Waals surface area contributed by atoms with Crippen molar-refractivity contribution in [2.45, 2.75) is 58.8 Å². The molecule has 1 fully saturated rings. The summed E-state index contributed by atoms with van der Waals surface area (Å²) in [5.74, 6) is 1.41. The third-order valence-corrected chi connectivity index (χ3v) is 5.46. The number of guanidine groups is 1. The first-order valence-corrected chi connectivity index (χ1v) is 9.99. The average Bonchev–Trinajstić information content (AvgIpc) is 3.13. The third-order valence-electron chi connectivity index (χ3n) is 5.46. The molecule has 3 N–H and O–H groups in total. The quantitative estimate of drug-likeness (QED) is 0.471. The standard InChI is InChI=1S/C20H29F2N3O4/c1-3-23-19(25-11-20(2)7-5-4-6-17(20)26)24-10-13-8-15-16(28-12-27-15)9-14(13)29-18(21)22/h8-9,17-18,26H,3-7,10-12H2,1-2H3,(H2,23,24,25). The van der Waals surface area contributed by atoms with Crippen LogP contribution in [0.5, 0.6) is 17.2 Å². The molecule has 1 aromatic carbocycles. The molecule has 0 spiro atoms. The first-order chi connectivity index (χ1) is 13.9. The van der Waals surface area contributed by atoms with Gasteiger partial charge in [0.05, 0.1) is 12.6 Å². The number of halogens is 2. The van der Waals surface area contributed by atoms with Gasteiger partial charge < -0.3 is 30.0 Å². The van der Waals surface area contributed by atoms with Crippen LogP contribution in [0.2, 0.25) is 0 Å². The molecule has 1 heterocycles. The van der Waals surface area contributed by atoms with E-state index >= 15 is 0 Å². The summed E-state index contributed by atoms with van der Waals surface area (Å²) >= 11 is 0. The van der Waals surface area contributed by atoms with Crippen LogP contribution in [0.25, 0.3) is 0 Å². The number of nitrogens with zero attached hydrogens (tertiary/aromatic N) is 1. The second kappa shape index (κ2) is 9.47. The lowest BCUT2D eigenvalue weighted by Gasteiger charge is -2.38. The second-order valence-corrected chi connectivity index (χ2v) is 7.66. The van der Waals surface area contributed by atoms with Gasteiger partial charge in [0, 0.05) is 30.1 Å². The smallest absolute Gasteiger partial charge is 0.387 e. The summed E-state index contributed by atoms with van der Waals surface area (Å²) in [6.45, 7) is 2.44. The largest absolute Gasteiger partial charge is 0.454 e. The lowest BCUT2D eigenvalue weighted by Crippen LogP contribution is -2.48. The molecule has 162 valence electrons. The molecule has 1 saturated carbocycles. The van der Waals surface area contributed by atoms with Crippen LogP contribution >= 0.6 is 0 Å². The molecule has 1 aliphatic carbocycles. The molecule has 2 atom stereocenters. The Kier molecular flexibility index (Phi) is 7.00. The highest BCUT2D eigenvalue weighted by Gasteiger charge is 2.35. The van der Waals surface area contributed by atoms with E-state index in [4.69, 9.17) is 9.47 Å². The molecule has 7 nitrogen and oxygen atoms in total. The maximum absolute atomic E-state index is 12.8. The van der Waals surface area contributed by atoms with Gasteiger partial charge >= 0.3 is 6.61 Å². The number of nitrogens with one attached hydrogen (secondary N) is 2. The Morgan fingerprint density at radius 3 is 2.76 bits per heavy atom. The number of aliphatic imine (C=N–C) groups is 1. The van der Waals surface area contributed by atoms with Crippen LogP contribution in [0, 0.1) is 5.41 Å². The Hall–Kier alpha value is -2.29. The van der Waals surface area contributed by atoms with Gasteiger partial charge in [0.1, 0.15) is 5.75 Å². The minimum absolute atomic E-state index is 0.0125. The molecule has 2 unspecified atom stereocenters. The van der Waals surface area contributed by atoms with E-state index in [2.05, 4.69) is 27.3 Å². The SMILES string of the molecule is CCNC(=NCc1cc2c(cc1OC(F)F)OCO2)NCC1(C)CCCCC1O. The van der Waals surface area contributed by atoms with Crippen molar-refractivity contribution in [2.24, 2.45) is 10.4 Å². The first kappa shape index (κ1) is 21.4. The summed E-state index contributed by atoms with van der Waals surface area (Å²) in [7, 11) is 0. The first-order valence-electron chi connectivity index (χ1n) is 9.99. The highest BCUT2D eigenvalue weighted by Crippen LogP contribution is 2.39. The van der Waals surface area contributed by atoms with E-state index in [1.54, 1.807) is 6.07 Å². The summed E-state index contributed by atoms with van der Waals surface area (Å²) in [5.41, 5.74) is 0.243. The molecule has 0 bridgehead atoms. The molecular formula is C20H29F2N3O4. The van der Waals surface area contributed by atoms with E-state index in [-0.39, 0.29) is 30.6 Å². The Morgan fingerprint density at radius 2 is 2.07 bits per heavy atom. The van der Waals surface area contributed by atoms with Gasteiger partial charge in [0.25, 0.3) is 0 Å². The third kappa shape index (κ3) is 5.41. The predicted molar refractivity (Wildman–Crippen MR) is 105 cm³/mol. The molecule has 0 amide bonds. The summed E-state index contributed by atoms with van der Waals surface area (Å²) in [5, 5.41) is 16.8. The molecule has 2 aliphatic rings. The van der Waals surface area contributed by atoms with E-state index in [9.17, 15) is 13.9 Å². The van der Waals surface area contributed by atoms with Crippen molar-refractivity contribution in [3.05, 3.63) is 17.7 Å². The summed E-state index contributed by atoms with van der Waals surface area (Å²) in [6, 6.07) is 3.01. The van der Waals surface area contributed by atoms with E-state index in [0.29, 0.717) is 36.1 Å². The number of aliphatic hydroxyl groups is 1. The number of aliphatic hydroxyl groups excluding tert-OH is 1. The Balaban J connectivity index is 1.72. The highest BCUT2D eigenvalue weighted by atomic mass is 19.3. The summed E-state index contributed by atoms with van der Waals surface area (Å²) in [6.07, 6.45) is 3.52. The minimum atomic E-state index is -2.95. The summed E-state index contributed by atoms with van der Waals surface area (Å²) in [4.78, 5) is 4.51. The minimum Gasteiger partial charge on any atom is -0.454 e. The molecular weight excluding hydrogens is 384 g/mol. The molecule has 1 aliphatic heterocycles. The molecule has 1 aromatic rings. The van der Waals surface area contributed by atoms with Gasteiger partial charge in [-0.3, -0.25) is 0 Å². The van der Waals surface area contributed by atoms with Gasteiger partial charge in [-0.2, -0.15) is 8.78 Å². The van der Waals surface area contributed by atoms with E-state index in [0.717, 1.165) is 25.7 Å². The van der Waals surface area contributed by atoms with E-state index in [1.165, 1.54) is 6.07 Å². The van der Waals surface area contributed by atoms with Gasteiger partial charge in [-0.05, 0) is 25.8 Å². The number of rotatable bonds is 7. The van der Waals surface area contributed by atoms with Crippen molar-refractivity contribution in [1.29, 1.82) is 0 Å². The zero-order valence-corrected chi connectivity index (χ0v) is 16.8. The van der Waals surface area contributed by atoms with Crippen molar-refractivity contribution in [3.8, 4) is 17.2 Å². The lowest BCUT2D eigenvalue weighted by molar-refractivity contribution is -0.0505. The topological polar surface area (TPSA) is 84.3 Å². The molecule has 0 radical (unpaired) electrons. The maximum Gasteiger partial charge on any atom is 0.387 e. The van der Waals surface area contributed by atoms with Gasteiger partial charge in [0.15, 0.2) is 17.5 Å². The van der Waals surface area contributed by atoms with Crippen molar-refractivity contribution < 1.29 is 28.1 Å². The fourth-order valence-corrected chi connectivity index (χ4v) is 3.67. The molecule has 0 aromatic heterocycles. The zero-order chi connectivity index (χ0) is 20.9. The van der Waals surface area contributed by atoms with Gasteiger partial charge in [-0.1, -0.05) is 19.8 Å². The van der Waals surface area contributed by atoms with Gasteiger partial charge in [0.2, 0.25) is 6.79 Å². The fraction of sp³-hybridized carbons (Fsp3) is 0.650. The highest BCUT2D eigenvalue weighted by molar-refractivity contribution is 5.79. The normalized spacial score (nSPS) is 23.9. The van der Waals surface area contributed by atoms with Crippen LogP contribution in [0.3, 0.4) is 0 Å². The van der Waals surface area contributed by atoms with Crippen molar-refractivity contribution in [3.63, 3.8) is 0 Å². The van der Waals surface area contributed by atoms with Crippen molar-refractivity contribution in [1.82, 2.24) is 10.6 Å². The molecule has 9 heteroatoms. The zero-order valence-electron chi connectivity index (χ0n) is 16.8. The van der Waals surface area contributed by atoms with Crippen LogP contribution in [0.4, 0.5) is 8.78 Å². The lowest BCUT2D eigenvalue weighted by atomic mass is 9.73. The monoisotopic (exact) mass is 413 g/mol. The van der Waals surface area contributed by atoms with Crippen molar-refractivity contribution in [2.75, 3.05) is 19.9 Å². The van der Waals surface area contributed by atoms with Crippen LogP contribution in [-0.2, 0) is 6.54 Å². The van der Waals surface area contributed by atoms with Crippen molar-refractivity contribution >= 4 is 5.96 Å². The Bertz CT molecular complexity index is 732. The Morgan fingerprint density at radius 1 is 1.31 bits per heavy atom. The van der Waals surface area contributed by atoms with Crippen LogP contribution in [-0.4, -0.2) is 43.7 Å². The van der Waals surface area contributed by atoms with E-state index < -0.39 is 6.61 Å². The average molecular weight is 413 g/mol. The summed E-state index contributed by atoms with van der Waals surface area (Å²) < 4.78 is 40.8. The van der Waals surface area contributed by atoms with E-state index in [1.807, 2.05) is 6.92 Å². The van der Waals surface area contributed by atoms with Gasteiger partial charge in [-0.25, -0.2) is 4.99 Å². The van der Waals surface area contributed by atoms with Crippen LogP contribution in [0.15, 0.2) is 17.1 Å². The number of ether oxygens (including phenoxy) is 3.